The number of rotatable bonds is 6. The fourth-order valence-corrected chi connectivity index (χ4v) is 1.59. The van der Waals surface area contributed by atoms with Crippen LogP contribution < -0.4 is 9.47 Å². The SMILES string of the molecule is C=CCc1ccc(OC(=O)CC(C)C)c(OC)c1. The van der Waals surface area contributed by atoms with Gasteiger partial charge in [-0.3, -0.25) is 4.79 Å². The Labute approximate surface area is 108 Å². The molecule has 0 aromatic heterocycles. The van der Waals surface area contributed by atoms with Crippen LogP contribution in [0.3, 0.4) is 0 Å². The minimum Gasteiger partial charge on any atom is -0.493 e. The van der Waals surface area contributed by atoms with Crippen molar-refractivity contribution in [2.45, 2.75) is 26.7 Å². The van der Waals surface area contributed by atoms with Crippen LogP contribution in [0.25, 0.3) is 0 Å². The zero-order valence-electron chi connectivity index (χ0n) is 11.2. The summed E-state index contributed by atoms with van der Waals surface area (Å²) < 4.78 is 10.5. The van der Waals surface area contributed by atoms with E-state index >= 15 is 0 Å². The summed E-state index contributed by atoms with van der Waals surface area (Å²) in [6.07, 6.45) is 2.98. The van der Waals surface area contributed by atoms with Crippen LogP contribution in [0.1, 0.15) is 25.8 Å². The van der Waals surface area contributed by atoms with E-state index in [9.17, 15) is 4.79 Å². The van der Waals surface area contributed by atoms with Crippen molar-refractivity contribution in [1.82, 2.24) is 0 Å². The van der Waals surface area contributed by atoms with Crippen LogP contribution in [0.5, 0.6) is 11.5 Å². The van der Waals surface area contributed by atoms with E-state index in [0.29, 0.717) is 17.9 Å². The molecule has 1 aromatic rings. The van der Waals surface area contributed by atoms with Crippen molar-refractivity contribution in [3.63, 3.8) is 0 Å². The zero-order chi connectivity index (χ0) is 13.5. The monoisotopic (exact) mass is 248 g/mol. The average molecular weight is 248 g/mol. The van der Waals surface area contributed by atoms with Crippen LogP contribution in [0.15, 0.2) is 30.9 Å². The summed E-state index contributed by atoms with van der Waals surface area (Å²) in [5.74, 6) is 1.09. The molecule has 1 aromatic carbocycles. The number of hydrogen-bond acceptors (Lipinski definition) is 3. The fraction of sp³-hybridized carbons (Fsp3) is 0.400. The molecule has 0 bridgehead atoms. The molecule has 0 atom stereocenters. The first kappa shape index (κ1) is 14.3. The minimum absolute atomic E-state index is 0.236. The molecule has 0 fully saturated rings. The lowest BCUT2D eigenvalue weighted by Crippen LogP contribution is -2.11. The first-order chi connectivity index (χ1) is 8.56. The normalized spacial score (nSPS) is 10.2. The number of hydrogen-bond donors (Lipinski definition) is 0. The number of esters is 1. The molecule has 0 aliphatic rings. The van der Waals surface area contributed by atoms with Gasteiger partial charge in [-0.25, -0.2) is 0 Å². The van der Waals surface area contributed by atoms with Crippen LogP contribution in [0.2, 0.25) is 0 Å². The molecule has 0 amide bonds. The molecule has 0 unspecified atom stereocenters. The second-order valence-corrected chi connectivity index (χ2v) is 4.55. The first-order valence-corrected chi connectivity index (χ1v) is 6.05. The maximum absolute atomic E-state index is 11.6. The molecule has 18 heavy (non-hydrogen) atoms. The summed E-state index contributed by atoms with van der Waals surface area (Å²) in [7, 11) is 1.56. The highest BCUT2D eigenvalue weighted by Gasteiger charge is 2.11. The molecule has 0 saturated carbocycles. The zero-order valence-corrected chi connectivity index (χ0v) is 11.2. The quantitative estimate of drug-likeness (QED) is 0.440. The van der Waals surface area contributed by atoms with Crippen LogP contribution in [0.4, 0.5) is 0 Å². The summed E-state index contributed by atoms with van der Waals surface area (Å²) in [6.45, 7) is 7.64. The molecular weight excluding hydrogens is 228 g/mol. The van der Waals surface area contributed by atoms with E-state index in [0.717, 1.165) is 12.0 Å². The Hall–Kier alpha value is -1.77. The van der Waals surface area contributed by atoms with E-state index in [-0.39, 0.29) is 11.9 Å². The topological polar surface area (TPSA) is 35.5 Å². The number of allylic oxidation sites excluding steroid dienone is 1. The molecule has 1 rings (SSSR count). The Balaban J connectivity index is 2.82. The van der Waals surface area contributed by atoms with Gasteiger partial charge in [0.05, 0.1) is 7.11 Å². The fourth-order valence-electron chi connectivity index (χ4n) is 1.59. The van der Waals surface area contributed by atoms with Gasteiger partial charge in [-0.1, -0.05) is 26.0 Å². The van der Waals surface area contributed by atoms with Gasteiger partial charge in [0, 0.05) is 6.42 Å². The molecule has 98 valence electrons. The van der Waals surface area contributed by atoms with Gasteiger partial charge in [0.2, 0.25) is 0 Å². The van der Waals surface area contributed by atoms with Crippen LogP contribution in [-0.2, 0) is 11.2 Å². The predicted octanol–water partition coefficient (Wildman–Crippen LogP) is 3.38. The van der Waals surface area contributed by atoms with Crippen molar-refractivity contribution in [2.24, 2.45) is 5.92 Å². The standard InChI is InChI=1S/C15H20O3/c1-5-6-12-7-8-13(14(10-12)17-4)18-15(16)9-11(2)3/h5,7-8,10-11H,1,6,9H2,2-4H3. The minimum atomic E-state index is -0.236. The third-order valence-electron chi connectivity index (χ3n) is 2.41. The van der Waals surface area contributed by atoms with E-state index < -0.39 is 0 Å². The van der Waals surface area contributed by atoms with Crippen molar-refractivity contribution in [1.29, 1.82) is 0 Å². The van der Waals surface area contributed by atoms with E-state index in [1.807, 2.05) is 32.1 Å². The Morgan fingerprint density at radius 1 is 1.39 bits per heavy atom. The summed E-state index contributed by atoms with van der Waals surface area (Å²) in [5.41, 5.74) is 1.07. The van der Waals surface area contributed by atoms with Crippen molar-refractivity contribution in [2.75, 3.05) is 7.11 Å². The molecule has 0 N–H and O–H groups in total. The number of carbonyl (C=O) groups is 1. The van der Waals surface area contributed by atoms with E-state index in [2.05, 4.69) is 6.58 Å². The first-order valence-electron chi connectivity index (χ1n) is 6.05. The van der Waals surface area contributed by atoms with Crippen LogP contribution in [0, 0.1) is 5.92 Å². The number of ether oxygens (including phenoxy) is 2. The smallest absolute Gasteiger partial charge is 0.311 e. The number of benzene rings is 1. The third kappa shape index (κ3) is 4.24. The highest BCUT2D eigenvalue weighted by molar-refractivity contribution is 5.73. The van der Waals surface area contributed by atoms with Crippen molar-refractivity contribution >= 4 is 5.97 Å². The molecule has 0 saturated heterocycles. The largest absolute Gasteiger partial charge is 0.493 e. The lowest BCUT2D eigenvalue weighted by molar-refractivity contribution is -0.135. The Kier molecular flexibility index (Phi) is 5.43. The van der Waals surface area contributed by atoms with E-state index in [1.165, 1.54) is 0 Å². The molecular formula is C15H20O3. The summed E-state index contributed by atoms with van der Waals surface area (Å²) in [6, 6.07) is 5.53. The van der Waals surface area contributed by atoms with Gasteiger partial charge in [-0.2, -0.15) is 0 Å². The molecule has 0 heterocycles. The molecule has 0 aliphatic heterocycles. The average Bonchev–Trinajstić information content (AvgIpc) is 2.30. The summed E-state index contributed by atoms with van der Waals surface area (Å²) >= 11 is 0. The van der Waals surface area contributed by atoms with Crippen LogP contribution in [-0.4, -0.2) is 13.1 Å². The summed E-state index contributed by atoms with van der Waals surface area (Å²) in [4.78, 5) is 11.6. The van der Waals surface area contributed by atoms with Crippen molar-refractivity contribution in [3.8, 4) is 11.5 Å². The van der Waals surface area contributed by atoms with Gasteiger partial charge in [-0.15, -0.1) is 6.58 Å². The second kappa shape index (κ2) is 6.84. The Bertz CT molecular complexity index is 422. The summed E-state index contributed by atoms with van der Waals surface area (Å²) in [5, 5.41) is 0. The maximum Gasteiger partial charge on any atom is 0.311 e. The molecule has 0 radical (unpaired) electrons. The lowest BCUT2D eigenvalue weighted by atomic mass is 10.1. The third-order valence-corrected chi connectivity index (χ3v) is 2.41. The van der Waals surface area contributed by atoms with Gasteiger partial charge in [0.15, 0.2) is 11.5 Å². The molecule has 0 aliphatic carbocycles. The number of methoxy groups -OCH3 is 1. The molecule has 3 nitrogen and oxygen atoms in total. The van der Waals surface area contributed by atoms with E-state index in [1.54, 1.807) is 13.2 Å². The molecule has 0 spiro atoms. The van der Waals surface area contributed by atoms with Gasteiger partial charge in [0.1, 0.15) is 0 Å². The van der Waals surface area contributed by atoms with Gasteiger partial charge in [-0.05, 0) is 30.0 Å². The highest BCUT2D eigenvalue weighted by atomic mass is 16.6. The van der Waals surface area contributed by atoms with Gasteiger partial charge < -0.3 is 9.47 Å². The van der Waals surface area contributed by atoms with Crippen molar-refractivity contribution < 1.29 is 14.3 Å². The van der Waals surface area contributed by atoms with Gasteiger partial charge >= 0.3 is 5.97 Å². The predicted molar refractivity (Wildman–Crippen MR) is 72.0 cm³/mol. The molecule has 3 heteroatoms. The maximum atomic E-state index is 11.6. The van der Waals surface area contributed by atoms with E-state index in [4.69, 9.17) is 9.47 Å². The van der Waals surface area contributed by atoms with Gasteiger partial charge in [0.25, 0.3) is 0 Å². The van der Waals surface area contributed by atoms with Crippen LogP contribution >= 0.6 is 0 Å². The highest BCUT2D eigenvalue weighted by Crippen LogP contribution is 2.28. The Morgan fingerprint density at radius 2 is 2.11 bits per heavy atom. The lowest BCUT2D eigenvalue weighted by Gasteiger charge is -2.11. The number of carbonyl (C=O) groups excluding carboxylic acids is 1. The van der Waals surface area contributed by atoms with Crippen molar-refractivity contribution in [3.05, 3.63) is 36.4 Å². The second-order valence-electron chi connectivity index (χ2n) is 4.55. The Morgan fingerprint density at radius 3 is 2.67 bits per heavy atom.